The van der Waals surface area contributed by atoms with Crippen LogP contribution in [0.1, 0.15) is 24.2 Å². The van der Waals surface area contributed by atoms with Gasteiger partial charge in [-0.3, -0.25) is 4.90 Å². The molecule has 5 heteroatoms. The fraction of sp³-hybridized carbons (Fsp3) is 0.381. The maximum atomic E-state index is 13.8. The Morgan fingerprint density at radius 2 is 1.88 bits per heavy atom. The average molecular weight is 353 g/mol. The SMILES string of the molecule is Fc1cccc2[nH]c(CN3CCC(OCCc4ccccc4)CC3)nc12. The number of ether oxygens (including phenoxy) is 1. The monoisotopic (exact) mass is 353 g/mol. The number of likely N-dealkylation sites (tertiary alicyclic amines) is 1. The molecule has 1 aromatic heterocycles. The molecule has 1 aliphatic rings. The van der Waals surface area contributed by atoms with Gasteiger partial charge in [-0.25, -0.2) is 9.37 Å². The van der Waals surface area contributed by atoms with Crippen LogP contribution in [0.25, 0.3) is 11.0 Å². The minimum absolute atomic E-state index is 0.268. The maximum Gasteiger partial charge on any atom is 0.151 e. The summed E-state index contributed by atoms with van der Waals surface area (Å²) in [5.41, 5.74) is 2.52. The van der Waals surface area contributed by atoms with Crippen LogP contribution in [0.4, 0.5) is 4.39 Å². The summed E-state index contributed by atoms with van der Waals surface area (Å²) in [6.45, 7) is 3.47. The van der Waals surface area contributed by atoms with Crippen molar-refractivity contribution in [1.82, 2.24) is 14.9 Å². The summed E-state index contributed by atoms with van der Waals surface area (Å²) in [6.07, 6.45) is 3.36. The highest BCUT2D eigenvalue weighted by Crippen LogP contribution is 2.19. The standard InChI is InChI=1S/C21H24FN3O/c22-18-7-4-8-19-21(18)24-20(23-19)15-25-12-9-17(10-13-25)26-14-11-16-5-2-1-3-6-16/h1-8,17H,9-15H2,(H,23,24). The van der Waals surface area contributed by atoms with Crippen LogP contribution in [-0.2, 0) is 17.7 Å². The van der Waals surface area contributed by atoms with E-state index in [4.69, 9.17) is 4.74 Å². The molecule has 0 spiro atoms. The van der Waals surface area contributed by atoms with Gasteiger partial charge in [0.05, 0.1) is 24.8 Å². The summed E-state index contributed by atoms with van der Waals surface area (Å²) in [5, 5.41) is 0. The number of benzene rings is 2. The zero-order chi connectivity index (χ0) is 17.8. The van der Waals surface area contributed by atoms with E-state index < -0.39 is 0 Å². The lowest BCUT2D eigenvalue weighted by atomic mass is 10.1. The molecular formula is C21H24FN3O. The first kappa shape index (κ1) is 17.2. The van der Waals surface area contributed by atoms with Gasteiger partial charge in [0.25, 0.3) is 0 Å². The van der Waals surface area contributed by atoms with E-state index >= 15 is 0 Å². The molecule has 1 saturated heterocycles. The predicted octanol–water partition coefficient (Wildman–Crippen LogP) is 3.93. The van der Waals surface area contributed by atoms with E-state index in [2.05, 4.69) is 39.1 Å². The van der Waals surface area contributed by atoms with Crippen LogP contribution in [0, 0.1) is 5.82 Å². The molecule has 2 heterocycles. The number of nitrogens with one attached hydrogen (secondary N) is 1. The molecule has 0 amide bonds. The van der Waals surface area contributed by atoms with Gasteiger partial charge in [0, 0.05) is 13.1 Å². The number of piperidine rings is 1. The van der Waals surface area contributed by atoms with Crippen molar-refractivity contribution in [3.05, 3.63) is 65.7 Å². The zero-order valence-corrected chi connectivity index (χ0v) is 14.8. The Balaban J connectivity index is 1.23. The number of halogens is 1. The number of para-hydroxylation sites is 1. The molecule has 0 radical (unpaired) electrons. The Hall–Kier alpha value is -2.24. The molecular weight excluding hydrogens is 329 g/mol. The molecule has 26 heavy (non-hydrogen) atoms. The van der Waals surface area contributed by atoms with Crippen molar-refractivity contribution in [2.24, 2.45) is 0 Å². The van der Waals surface area contributed by atoms with E-state index in [9.17, 15) is 4.39 Å². The number of rotatable bonds is 6. The second kappa shape index (κ2) is 7.98. The van der Waals surface area contributed by atoms with Crippen LogP contribution in [0.15, 0.2) is 48.5 Å². The third-order valence-corrected chi connectivity index (χ3v) is 5.01. The Morgan fingerprint density at radius 1 is 1.08 bits per heavy atom. The number of fused-ring (bicyclic) bond motifs is 1. The molecule has 0 unspecified atom stereocenters. The summed E-state index contributed by atoms with van der Waals surface area (Å²) < 4.78 is 19.8. The molecule has 1 aliphatic heterocycles. The lowest BCUT2D eigenvalue weighted by molar-refractivity contribution is 0.00696. The first-order chi connectivity index (χ1) is 12.8. The van der Waals surface area contributed by atoms with Gasteiger partial charge in [0.15, 0.2) is 5.82 Å². The van der Waals surface area contributed by atoms with Gasteiger partial charge < -0.3 is 9.72 Å². The third-order valence-electron chi connectivity index (χ3n) is 5.01. The fourth-order valence-electron chi connectivity index (χ4n) is 3.56. The number of aromatic amines is 1. The number of H-pyrrole nitrogens is 1. The second-order valence-corrected chi connectivity index (χ2v) is 6.90. The smallest absolute Gasteiger partial charge is 0.151 e. The summed E-state index contributed by atoms with van der Waals surface area (Å²) in [7, 11) is 0. The minimum atomic E-state index is -0.268. The highest BCUT2D eigenvalue weighted by molar-refractivity contribution is 5.75. The van der Waals surface area contributed by atoms with Crippen molar-refractivity contribution < 1.29 is 9.13 Å². The lowest BCUT2D eigenvalue weighted by Gasteiger charge is -2.31. The summed E-state index contributed by atoms with van der Waals surface area (Å²) >= 11 is 0. The Kier molecular flexibility index (Phi) is 5.27. The van der Waals surface area contributed by atoms with Gasteiger partial charge in [0.1, 0.15) is 11.3 Å². The molecule has 3 aromatic rings. The number of imidazole rings is 1. The predicted molar refractivity (Wildman–Crippen MR) is 100 cm³/mol. The van der Waals surface area contributed by atoms with Gasteiger partial charge in [-0.15, -0.1) is 0 Å². The van der Waals surface area contributed by atoms with Crippen LogP contribution < -0.4 is 0 Å². The molecule has 0 bridgehead atoms. The van der Waals surface area contributed by atoms with Crippen molar-refractivity contribution in [3.8, 4) is 0 Å². The quantitative estimate of drug-likeness (QED) is 0.730. The molecule has 136 valence electrons. The van der Waals surface area contributed by atoms with Crippen molar-refractivity contribution in [2.75, 3.05) is 19.7 Å². The van der Waals surface area contributed by atoms with E-state index in [0.29, 0.717) is 11.6 Å². The fourth-order valence-corrected chi connectivity index (χ4v) is 3.56. The Bertz CT molecular complexity index is 841. The van der Waals surface area contributed by atoms with E-state index in [1.54, 1.807) is 6.07 Å². The molecule has 4 nitrogen and oxygen atoms in total. The van der Waals surface area contributed by atoms with Crippen LogP contribution in [0.3, 0.4) is 0 Å². The number of aromatic nitrogens is 2. The van der Waals surface area contributed by atoms with Gasteiger partial charge in [-0.05, 0) is 37.0 Å². The van der Waals surface area contributed by atoms with Crippen molar-refractivity contribution in [3.63, 3.8) is 0 Å². The number of hydrogen-bond acceptors (Lipinski definition) is 3. The van der Waals surface area contributed by atoms with E-state index in [-0.39, 0.29) is 5.82 Å². The minimum Gasteiger partial charge on any atom is -0.378 e. The van der Waals surface area contributed by atoms with Crippen molar-refractivity contribution in [2.45, 2.75) is 31.9 Å². The van der Waals surface area contributed by atoms with Crippen molar-refractivity contribution in [1.29, 1.82) is 0 Å². The van der Waals surface area contributed by atoms with E-state index in [1.807, 2.05) is 12.1 Å². The number of nitrogens with zero attached hydrogens (tertiary/aromatic N) is 2. The first-order valence-electron chi connectivity index (χ1n) is 9.29. The van der Waals surface area contributed by atoms with E-state index in [1.165, 1.54) is 11.6 Å². The summed E-state index contributed by atoms with van der Waals surface area (Å²) in [6, 6.07) is 15.5. The van der Waals surface area contributed by atoms with Crippen LogP contribution in [0.5, 0.6) is 0 Å². The van der Waals surface area contributed by atoms with Gasteiger partial charge in [-0.1, -0.05) is 36.4 Å². The second-order valence-electron chi connectivity index (χ2n) is 6.90. The topological polar surface area (TPSA) is 41.2 Å². The molecule has 0 atom stereocenters. The van der Waals surface area contributed by atoms with Crippen LogP contribution in [0.2, 0.25) is 0 Å². The van der Waals surface area contributed by atoms with Gasteiger partial charge in [-0.2, -0.15) is 0 Å². The van der Waals surface area contributed by atoms with E-state index in [0.717, 1.165) is 56.8 Å². The highest BCUT2D eigenvalue weighted by Gasteiger charge is 2.20. The number of hydrogen-bond donors (Lipinski definition) is 1. The average Bonchev–Trinajstić information content (AvgIpc) is 3.08. The Morgan fingerprint density at radius 3 is 2.65 bits per heavy atom. The molecule has 0 saturated carbocycles. The van der Waals surface area contributed by atoms with Crippen LogP contribution in [-0.4, -0.2) is 40.7 Å². The maximum absolute atomic E-state index is 13.8. The zero-order valence-electron chi connectivity index (χ0n) is 14.8. The normalized spacial score (nSPS) is 16.3. The molecule has 1 fully saturated rings. The first-order valence-corrected chi connectivity index (χ1v) is 9.29. The summed E-state index contributed by atoms with van der Waals surface area (Å²) in [4.78, 5) is 9.98. The molecule has 2 aromatic carbocycles. The largest absolute Gasteiger partial charge is 0.378 e. The van der Waals surface area contributed by atoms with Crippen molar-refractivity contribution >= 4 is 11.0 Å². The van der Waals surface area contributed by atoms with Gasteiger partial charge in [0.2, 0.25) is 0 Å². The van der Waals surface area contributed by atoms with Gasteiger partial charge >= 0.3 is 0 Å². The molecule has 0 aliphatic carbocycles. The third kappa shape index (κ3) is 4.11. The highest BCUT2D eigenvalue weighted by atomic mass is 19.1. The molecule has 1 N–H and O–H groups in total. The lowest BCUT2D eigenvalue weighted by Crippen LogP contribution is -2.37. The molecule has 4 rings (SSSR count). The Labute approximate surface area is 153 Å². The summed E-state index contributed by atoms with van der Waals surface area (Å²) in [5.74, 6) is 0.559. The van der Waals surface area contributed by atoms with Crippen LogP contribution >= 0.6 is 0 Å².